The van der Waals surface area contributed by atoms with Gasteiger partial charge in [-0.2, -0.15) is 0 Å². The first-order valence-corrected chi connectivity index (χ1v) is 5.10. The van der Waals surface area contributed by atoms with Crippen LogP contribution >= 0.6 is 11.6 Å². The van der Waals surface area contributed by atoms with E-state index in [9.17, 15) is 4.39 Å². The Morgan fingerprint density at radius 2 is 2.31 bits per heavy atom. The summed E-state index contributed by atoms with van der Waals surface area (Å²) in [7, 11) is 1.83. The standard InChI is InChI=1S/C10H10ClFN4/c1-13-5-7-6-16(15-14-7)8-2-3-10(12)9(11)4-8/h2-4,6,13H,5H2,1H3. The van der Waals surface area contributed by atoms with Gasteiger partial charge in [0.25, 0.3) is 0 Å². The molecule has 0 aliphatic heterocycles. The third kappa shape index (κ3) is 2.20. The molecular weight excluding hydrogens is 231 g/mol. The largest absolute Gasteiger partial charge is 0.314 e. The van der Waals surface area contributed by atoms with Crippen molar-refractivity contribution in [3.63, 3.8) is 0 Å². The van der Waals surface area contributed by atoms with Crippen molar-refractivity contribution in [2.24, 2.45) is 0 Å². The van der Waals surface area contributed by atoms with E-state index < -0.39 is 5.82 Å². The highest BCUT2D eigenvalue weighted by molar-refractivity contribution is 6.30. The second kappa shape index (κ2) is 4.59. The average molecular weight is 241 g/mol. The van der Waals surface area contributed by atoms with Gasteiger partial charge in [0, 0.05) is 6.54 Å². The van der Waals surface area contributed by atoms with E-state index in [2.05, 4.69) is 15.6 Å². The fraction of sp³-hybridized carbons (Fsp3) is 0.200. The molecule has 0 bridgehead atoms. The Hall–Kier alpha value is -1.46. The highest BCUT2D eigenvalue weighted by Crippen LogP contribution is 2.18. The van der Waals surface area contributed by atoms with Crippen molar-refractivity contribution in [1.29, 1.82) is 0 Å². The maximum absolute atomic E-state index is 13.0. The zero-order valence-electron chi connectivity index (χ0n) is 8.61. The van der Waals surface area contributed by atoms with Crippen molar-refractivity contribution >= 4 is 11.6 Å². The van der Waals surface area contributed by atoms with Gasteiger partial charge in [-0.05, 0) is 25.2 Å². The highest BCUT2D eigenvalue weighted by atomic mass is 35.5. The molecule has 0 spiro atoms. The van der Waals surface area contributed by atoms with E-state index in [0.717, 1.165) is 5.69 Å². The van der Waals surface area contributed by atoms with Gasteiger partial charge in [-0.25, -0.2) is 9.07 Å². The lowest BCUT2D eigenvalue weighted by atomic mass is 10.3. The molecule has 0 aliphatic carbocycles. The van der Waals surface area contributed by atoms with Crippen LogP contribution in [-0.2, 0) is 6.54 Å². The van der Waals surface area contributed by atoms with Gasteiger partial charge in [0.15, 0.2) is 0 Å². The van der Waals surface area contributed by atoms with Gasteiger partial charge in [-0.15, -0.1) is 5.10 Å². The molecule has 0 aliphatic rings. The van der Waals surface area contributed by atoms with E-state index in [1.165, 1.54) is 12.1 Å². The van der Waals surface area contributed by atoms with E-state index >= 15 is 0 Å². The predicted octanol–water partition coefficient (Wildman–Crippen LogP) is 1.78. The van der Waals surface area contributed by atoms with Crippen molar-refractivity contribution < 1.29 is 4.39 Å². The van der Waals surface area contributed by atoms with Crippen LogP contribution in [-0.4, -0.2) is 22.0 Å². The molecule has 2 aromatic rings. The molecule has 84 valence electrons. The zero-order chi connectivity index (χ0) is 11.5. The predicted molar refractivity (Wildman–Crippen MR) is 59.1 cm³/mol. The van der Waals surface area contributed by atoms with Gasteiger partial charge in [0.2, 0.25) is 0 Å². The molecule has 4 nitrogen and oxygen atoms in total. The SMILES string of the molecule is CNCc1cn(-c2ccc(F)c(Cl)c2)nn1. The molecule has 2 rings (SSSR count). The van der Waals surface area contributed by atoms with Crippen LogP contribution in [0.15, 0.2) is 24.4 Å². The van der Waals surface area contributed by atoms with E-state index in [1.807, 2.05) is 7.05 Å². The average Bonchev–Trinajstić information content (AvgIpc) is 2.71. The summed E-state index contributed by atoms with van der Waals surface area (Å²) in [5.74, 6) is -0.444. The van der Waals surface area contributed by atoms with Crippen LogP contribution in [0.2, 0.25) is 5.02 Å². The number of hydrogen-bond donors (Lipinski definition) is 1. The maximum atomic E-state index is 13.0. The van der Waals surface area contributed by atoms with Crippen LogP contribution < -0.4 is 5.32 Å². The zero-order valence-corrected chi connectivity index (χ0v) is 9.37. The molecule has 0 atom stereocenters. The van der Waals surface area contributed by atoms with Crippen LogP contribution in [0.4, 0.5) is 4.39 Å². The summed E-state index contributed by atoms with van der Waals surface area (Å²) < 4.78 is 14.5. The Kier molecular flexibility index (Phi) is 3.17. The Labute approximate surface area is 97.0 Å². The lowest BCUT2D eigenvalue weighted by Crippen LogP contribution is -2.04. The quantitative estimate of drug-likeness (QED) is 0.889. The summed E-state index contributed by atoms with van der Waals surface area (Å²) in [5, 5.41) is 10.9. The molecule has 1 heterocycles. The minimum atomic E-state index is -0.444. The number of hydrogen-bond acceptors (Lipinski definition) is 3. The Bertz CT molecular complexity index is 497. The molecule has 0 radical (unpaired) electrons. The van der Waals surface area contributed by atoms with Crippen molar-refractivity contribution in [1.82, 2.24) is 20.3 Å². The summed E-state index contributed by atoms with van der Waals surface area (Å²) in [6.45, 7) is 0.634. The second-order valence-corrected chi connectivity index (χ2v) is 3.69. The van der Waals surface area contributed by atoms with Crippen LogP contribution in [0.25, 0.3) is 5.69 Å². The van der Waals surface area contributed by atoms with Gasteiger partial charge in [0.05, 0.1) is 22.6 Å². The van der Waals surface area contributed by atoms with Crippen molar-refractivity contribution in [3.05, 3.63) is 40.9 Å². The van der Waals surface area contributed by atoms with E-state index in [1.54, 1.807) is 16.9 Å². The lowest BCUT2D eigenvalue weighted by Gasteiger charge is -2.00. The van der Waals surface area contributed by atoms with Crippen molar-refractivity contribution in [2.75, 3.05) is 7.05 Å². The van der Waals surface area contributed by atoms with Crippen LogP contribution in [0.3, 0.4) is 0 Å². The Balaban J connectivity index is 2.31. The van der Waals surface area contributed by atoms with Crippen LogP contribution in [0.1, 0.15) is 5.69 Å². The van der Waals surface area contributed by atoms with E-state index in [4.69, 9.17) is 11.6 Å². The first kappa shape index (κ1) is 11.0. The molecule has 0 saturated carbocycles. The van der Waals surface area contributed by atoms with Crippen molar-refractivity contribution in [2.45, 2.75) is 6.54 Å². The fourth-order valence-electron chi connectivity index (χ4n) is 1.31. The van der Waals surface area contributed by atoms with Gasteiger partial charge >= 0.3 is 0 Å². The highest BCUT2D eigenvalue weighted by Gasteiger charge is 2.05. The Morgan fingerprint density at radius 3 is 3.00 bits per heavy atom. The molecule has 0 saturated heterocycles. The van der Waals surface area contributed by atoms with E-state index in [0.29, 0.717) is 12.2 Å². The normalized spacial score (nSPS) is 10.7. The molecule has 1 N–H and O–H groups in total. The van der Waals surface area contributed by atoms with Crippen molar-refractivity contribution in [3.8, 4) is 5.69 Å². The molecule has 16 heavy (non-hydrogen) atoms. The molecule has 0 fully saturated rings. The first-order valence-electron chi connectivity index (χ1n) is 4.72. The topological polar surface area (TPSA) is 42.7 Å². The van der Waals surface area contributed by atoms with Crippen LogP contribution in [0, 0.1) is 5.82 Å². The monoisotopic (exact) mass is 240 g/mol. The minimum absolute atomic E-state index is 0.0724. The summed E-state index contributed by atoms with van der Waals surface area (Å²) in [6.07, 6.45) is 1.76. The smallest absolute Gasteiger partial charge is 0.141 e. The number of nitrogens with zero attached hydrogens (tertiary/aromatic N) is 3. The van der Waals surface area contributed by atoms with Crippen LogP contribution in [0.5, 0.6) is 0 Å². The second-order valence-electron chi connectivity index (χ2n) is 3.28. The summed E-state index contributed by atoms with van der Waals surface area (Å²) in [4.78, 5) is 0. The molecule has 6 heteroatoms. The number of aromatic nitrogens is 3. The third-order valence-electron chi connectivity index (χ3n) is 2.07. The molecular formula is C10H10ClFN4. The first-order chi connectivity index (χ1) is 7.70. The van der Waals surface area contributed by atoms with E-state index in [-0.39, 0.29) is 5.02 Å². The molecule has 1 aromatic heterocycles. The molecule has 0 amide bonds. The number of benzene rings is 1. The lowest BCUT2D eigenvalue weighted by molar-refractivity contribution is 0.627. The summed E-state index contributed by atoms with van der Waals surface area (Å²) in [6, 6.07) is 4.41. The summed E-state index contributed by atoms with van der Waals surface area (Å²) >= 11 is 5.68. The maximum Gasteiger partial charge on any atom is 0.141 e. The fourth-order valence-corrected chi connectivity index (χ4v) is 1.49. The molecule has 1 aromatic carbocycles. The van der Waals surface area contributed by atoms with Gasteiger partial charge in [-0.1, -0.05) is 16.8 Å². The number of nitrogens with one attached hydrogen (secondary N) is 1. The minimum Gasteiger partial charge on any atom is -0.314 e. The Morgan fingerprint density at radius 1 is 1.50 bits per heavy atom. The summed E-state index contributed by atoms with van der Waals surface area (Å²) in [5.41, 5.74) is 1.49. The number of halogens is 2. The third-order valence-corrected chi connectivity index (χ3v) is 2.36. The number of rotatable bonds is 3. The van der Waals surface area contributed by atoms with Gasteiger partial charge in [0.1, 0.15) is 5.82 Å². The van der Waals surface area contributed by atoms with Gasteiger partial charge in [-0.3, -0.25) is 0 Å². The molecule has 0 unspecified atom stereocenters. The van der Waals surface area contributed by atoms with Gasteiger partial charge < -0.3 is 5.32 Å².